The molecule has 0 radical (unpaired) electrons. The van der Waals surface area contributed by atoms with Crippen molar-refractivity contribution in [2.24, 2.45) is 0 Å². The molecule has 1 fully saturated rings. The van der Waals surface area contributed by atoms with Crippen molar-refractivity contribution >= 4 is 23.2 Å². The van der Waals surface area contributed by atoms with Crippen LogP contribution in [0.3, 0.4) is 0 Å². The molecule has 118 valence electrons. The van der Waals surface area contributed by atoms with Gasteiger partial charge in [0.05, 0.1) is 11.6 Å². The summed E-state index contributed by atoms with van der Waals surface area (Å²) in [6.07, 6.45) is 1.70. The van der Waals surface area contributed by atoms with Crippen LogP contribution in [0.1, 0.15) is 12.8 Å². The van der Waals surface area contributed by atoms with Crippen molar-refractivity contribution in [3.8, 4) is 5.75 Å². The molecule has 2 unspecified atom stereocenters. The van der Waals surface area contributed by atoms with E-state index < -0.39 is 6.10 Å². The van der Waals surface area contributed by atoms with Gasteiger partial charge < -0.3 is 14.6 Å². The molecule has 1 heterocycles. The summed E-state index contributed by atoms with van der Waals surface area (Å²) in [6.45, 7) is 2.49. The number of hydrogen-bond acceptors (Lipinski definition) is 4. The number of ether oxygens (including phenoxy) is 2. The highest BCUT2D eigenvalue weighted by Crippen LogP contribution is 2.27. The highest BCUT2D eigenvalue weighted by molar-refractivity contribution is 6.35. The lowest BCUT2D eigenvalue weighted by atomic mass is 10.2. The van der Waals surface area contributed by atoms with Crippen LogP contribution in [0, 0.1) is 0 Å². The van der Waals surface area contributed by atoms with Gasteiger partial charge in [0, 0.05) is 24.7 Å². The molecule has 2 atom stereocenters. The van der Waals surface area contributed by atoms with E-state index in [1.54, 1.807) is 25.3 Å². The standard InChI is InChI=1S/C15H21Cl2NO3/c1-20-9-12-3-2-6-18(12)8-13(19)10-21-15-5-4-11(16)7-14(15)17/h4-5,7,12-13,19H,2-3,6,8-10H2,1H3. The molecule has 0 aliphatic carbocycles. The maximum atomic E-state index is 10.1. The summed E-state index contributed by atoms with van der Waals surface area (Å²) in [6, 6.07) is 5.44. The van der Waals surface area contributed by atoms with Gasteiger partial charge in [-0.05, 0) is 37.6 Å². The van der Waals surface area contributed by atoms with Crippen LogP contribution in [0.2, 0.25) is 10.0 Å². The molecule has 4 nitrogen and oxygen atoms in total. The summed E-state index contributed by atoms with van der Waals surface area (Å²) in [7, 11) is 1.71. The number of nitrogens with zero attached hydrogens (tertiary/aromatic N) is 1. The van der Waals surface area contributed by atoms with Gasteiger partial charge in [-0.15, -0.1) is 0 Å². The van der Waals surface area contributed by atoms with E-state index in [1.807, 2.05) is 0 Å². The van der Waals surface area contributed by atoms with Gasteiger partial charge in [-0.2, -0.15) is 0 Å². The van der Waals surface area contributed by atoms with Gasteiger partial charge >= 0.3 is 0 Å². The van der Waals surface area contributed by atoms with Crippen LogP contribution in [-0.2, 0) is 4.74 Å². The first-order valence-electron chi connectivity index (χ1n) is 7.09. The lowest BCUT2D eigenvalue weighted by molar-refractivity contribution is 0.0459. The van der Waals surface area contributed by atoms with Crippen LogP contribution in [0.4, 0.5) is 0 Å². The number of β-amino-alcohol motifs (C(OH)–C–C–N with tert-alkyl or cyclic N) is 1. The second-order valence-corrected chi connectivity index (χ2v) is 6.13. The zero-order chi connectivity index (χ0) is 15.2. The third kappa shape index (κ3) is 5.01. The van der Waals surface area contributed by atoms with Gasteiger partial charge in [0.15, 0.2) is 0 Å². The third-order valence-corrected chi connectivity index (χ3v) is 4.16. The summed E-state index contributed by atoms with van der Waals surface area (Å²) in [4.78, 5) is 2.25. The van der Waals surface area contributed by atoms with Crippen LogP contribution in [0.25, 0.3) is 0 Å². The van der Waals surface area contributed by atoms with Gasteiger partial charge in [0.25, 0.3) is 0 Å². The van der Waals surface area contributed by atoms with E-state index in [0.717, 1.165) is 19.4 Å². The van der Waals surface area contributed by atoms with Crippen LogP contribution >= 0.6 is 23.2 Å². The lowest BCUT2D eigenvalue weighted by Crippen LogP contribution is -2.40. The van der Waals surface area contributed by atoms with E-state index in [-0.39, 0.29) is 6.61 Å². The normalized spacial score (nSPS) is 20.7. The van der Waals surface area contributed by atoms with E-state index in [0.29, 0.717) is 35.0 Å². The number of aliphatic hydroxyl groups is 1. The van der Waals surface area contributed by atoms with Crippen LogP contribution in [0.15, 0.2) is 18.2 Å². The predicted octanol–water partition coefficient (Wildman–Crippen LogP) is 2.84. The fourth-order valence-corrected chi connectivity index (χ4v) is 3.08. The van der Waals surface area contributed by atoms with E-state index in [9.17, 15) is 5.11 Å². The van der Waals surface area contributed by atoms with Gasteiger partial charge in [-0.3, -0.25) is 4.90 Å². The molecule has 1 aromatic carbocycles. The Labute approximate surface area is 135 Å². The predicted molar refractivity (Wildman–Crippen MR) is 84.4 cm³/mol. The number of hydrogen-bond donors (Lipinski definition) is 1. The van der Waals surface area contributed by atoms with E-state index >= 15 is 0 Å². The van der Waals surface area contributed by atoms with Crippen molar-refractivity contribution in [3.05, 3.63) is 28.2 Å². The second-order valence-electron chi connectivity index (χ2n) is 5.29. The van der Waals surface area contributed by atoms with Crippen LogP contribution < -0.4 is 4.74 Å². The molecular formula is C15H21Cl2NO3. The smallest absolute Gasteiger partial charge is 0.138 e. The molecule has 0 spiro atoms. The van der Waals surface area contributed by atoms with Crippen molar-refractivity contribution in [1.29, 1.82) is 0 Å². The molecule has 6 heteroatoms. The third-order valence-electron chi connectivity index (χ3n) is 3.63. The Morgan fingerprint density at radius 3 is 2.95 bits per heavy atom. The Kier molecular flexibility index (Phi) is 6.58. The first-order valence-corrected chi connectivity index (χ1v) is 7.84. The van der Waals surface area contributed by atoms with Crippen LogP contribution in [0.5, 0.6) is 5.75 Å². The van der Waals surface area contributed by atoms with Crippen molar-refractivity contribution in [2.45, 2.75) is 25.0 Å². The maximum Gasteiger partial charge on any atom is 0.138 e. The van der Waals surface area contributed by atoms with Crippen molar-refractivity contribution < 1.29 is 14.6 Å². The topological polar surface area (TPSA) is 41.9 Å². The molecule has 1 aliphatic heterocycles. The minimum Gasteiger partial charge on any atom is -0.489 e. The largest absolute Gasteiger partial charge is 0.489 e. The Morgan fingerprint density at radius 2 is 2.24 bits per heavy atom. The minimum absolute atomic E-state index is 0.206. The highest BCUT2D eigenvalue weighted by Gasteiger charge is 2.26. The summed E-state index contributed by atoms with van der Waals surface area (Å²) < 4.78 is 10.8. The zero-order valence-electron chi connectivity index (χ0n) is 12.1. The Bertz CT molecular complexity index is 459. The van der Waals surface area contributed by atoms with Gasteiger partial charge in [-0.25, -0.2) is 0 Å². The molecule has 0 bridgehead atoms. The molecule has 1 aromatic rings. The number of rotatable bonds is 7. The minimum atomic E-state index is -0.561. The molecule has 1 N–H and O–H groups in total. The van der Waals surface area contributed by atoms with E-state index in [2.05, 4.69) is 4.90 Å². The zero-order valence-corrected chi connectivity index (χ0v) is 13.6. The molecule has 1 aliphatic rings. The monoisotopic (exact) mass is 333 g/mol. The molecule has 0 amide bonds. The Hall–Kier alpha value is -0.520. The van der Waals surface area contributed by atoms with E-state index in [4.69, 9.17) is 32.7 Å². The maximum absolute atomic E-state index is 10.1. The summed E-state index contributed by atoms with van der Waals surface area (Å²) in [5.41, 5.74) is 0. The number of benzene rings is 1. The number of halogens is 2. The second kappa shape index (κ2) is 8.20. The lowest BCUT2D eigenvalue weighted by Gasteiger charge is -2.26. The first kappa shape index (κ1) is 16.8. The number of aliphatic hydroxyl groups excluding tert-OH is 1. The Morgan fingerprint density at radius 1 is 1.43 bits per heavy atom. The fraction of sp³-hybridized carbons (Fsp3) is 0.600. The Balaban J connectivity index is 1.80. The molecule has 1 saturated heterocycles. The van der Waals surface area contributed by atoms with Gasteiger partial charge in [0.2, 0.25) is 0 Å². The highest BCUT2D eigenvalue weighted by atomic mass is 35.5. The summed E-state index contributed by atoms with van der Waals surface area (Å²) in [5, 5.41) is 11.1. The average Bonchev–Trinajstić information content (AvgIpc) is 2.85. The van der Waals surface area contributed by atoms with Crippen LogP contribution in [-0.4, -0.2) is 55.6 Å². The number of likely N-dealkylation sites (tertiary alicyclic amines) is 1. The molecule has 0 saturated carbocycles. The average molecular weight is 334 g/mol. The first-order chi connectivity index (χ1) is 10.1. The summed E-state index contributed by atoms with van der Waals surface area (Å²) >= 11 is 11.9. The van der Waals surface area contributed by atoms with Crippen molar-refractivity contribution in [3.63, 3.8) is 0 Å². The van der Waals surface area contributed by atoms with Gasteiger partial charge in [-0.1, -0.05) is 23.2 Å². The molecule has 2 rings (SSSR count). The summed E-state index contributed by atoms with van der Waals surface area (Å²) in [5.74, 6) is 0.537. The van der Waals surface area contributed by atoms with Crippen molar-refractivity contribution in [2.75, 3.05) is 33.4 Å². The van der Waals surface area contributed by atoms with E-state index in [1.165, 1.54) is 0 Å². The van der Waals surface area contributed by atoms with Crippen molar-refractivity contribution in [1.82, 2.24) is 4.90 Å². The van der Waals surface area contributed by atoms with Gasteiger partial charge in [0.1, 0.15) is 18.5 Å². The molecule has 0 aromatic heterocycles. The SMILES string of the molecule is COCC1CCCN1CC(O)COc1ccc(Cl)cc1Cl. The number of methoxy groups -OCH3 is 1. The quantitative estimate of drug-likeness (QED) is 0.833. The fourth-order valence-electron chi connectivity index (χ4n) is 2.62. The molecule has 21 heavy (non-hydrogen) atoms. The molecular weight excluding hydrogens is 313 g/mol.